The molecule has 1 aliphatic rings. The first-order valence-corrected chi connectivity index (χ1v) is 10.7. The quantitative estimate of drug-likeness (QED) is 0.812. The Morgan fingerprint density at radius 3 is 2.76 bits per heavy atom. The molecule has 1 fully saturated rings. The molecule has 7 nitrogen and oxygen atoms in total. The van der Waals surface area contributed by atoms with Crippen molar-refractivity contribution in [3.05, 3.63) is 53.6 Å². The van der Waals surface area contributed by atoms with Gasteiger partial charge in [0.05, 0.1) is 29.6 Å². The third kappa shape index (κ3) is 4.58. The van der Waals surface area contributed by atoms with E-state index in [9.17, 15) is 13.2 Å². The van der Waals surface area contributed by atoms with E-state index in [2.05, 4.69) is 5.32 Å². The molecule has 29 heavy (non-hydrogen) atoms. The summed E-state index contributed by atoms with van der Waals surface area (Å²) in [6.07, 6.45) is 1.21. The van der Waals surface area contributed by atoms with Crippen molar-refractivity contribution in [3.8, 4) is 11.8 Å². The van der Waals surface area contributed by atoms with Gasteiger partial charge in [0.25, 0.3) is 0 Å². The molecular weight excluding hydrogens is 390 g/mol. The van der Waals surface area contributed by atoms with Crippen LogP contribution >= 0.6 is 0 Å². The summed E-state index contributed by atoms with van der Waals surface area (Å²) in [4.78, 5) is 12.9. The number of benzene rings is 2. The van der Waals surface area contributed by atoms with Crippen molar-refractivity contribution in [2.45, 2.75) is 24.7 Å². The summed E-state index contributed by atoms with van der Waals surface area (Å²) in [5.41, 5.74) is 1.71. The summed E-state index contributed by atoms with van der Waals surface area (Å²) < 4.78 is 32.7. The fourth-order valence-electron chi connectivity index (χ4n) is 3.45. The van der Waals surface area contributed by atoms with Crippen molar-refractivity contribution in [1.82, 2.24) is 4.31 Å². The van der Waals surface area contributed by atoms with Gasteiger partial charge in [0.15, 0.2) is 0 Å². The number of nitriles is 1. The summed E-state index contributed by atoms with van der Waals surface area (Å²) in [5.74, 6) is -0.0750. The topological polar surface area (TPSA) is 99.5 Å². The number of hydrogen-bond acceptors (Lipinski definition) is 5. The van der Waals surface area contributed by atoms with Crippen molar-refractivity contribution in [2.75, 3.05) is 25.5 Å². The Morgan fingerprint density at radius 2 is 2.07 bits per heavy atom. The number of carbonyl (C=O) groups excluding carboxylic acids is 1. The third-order valence-electron chi connectivity index (χ3n) is 5.02. The molecule has 2 aromatic carbocycles. The molecule has 2 aromatic rings. The van der Waals surface area contributed by atoms with Gasteiger partial charge in [-0.05, 0) is 61.7 Å². The molecule has 1 aliphatic heterocycles. The molecule has 0 bridgehead atoms. The van der Waals surface area contributed by atoms with Crippen LogP contribution in [0.15, 0.2) is 47.4 Å². The molecule has 1 N–H and O–H groups in total. The Bertz CT molecular complexity index is 1060. The zero-order chi connectivity index (χ0) is 21.0. The van der Waals surface area contributed by atoms with Crippen LogP contribution in [0.1, 0.15) is 24.0 Å². The molecule has 0 radical (unpaired) electrons. The maximum Gasteiger partial charge on any atom is 0.243 e. The number of carbonyl (C=O) groups is 1. The summed E-state index contributed by atoms with van der Waals surface area (Å²) in [5, 5.41) is 11.8. The number of ether oxygens (including phenoxy) is 1. The number of rotatable bonds is 5. The Kier molecular flexibility index (Phi) is 6.20. The van der Waals surface area contributed by atoms with Gasteiger partial charge in [-0.2, -0.15) is 9.57 Å². The smallest absolute Gasteiger partial charge is 0.243 e. The number of piperidine rings is 1. The predicted molar refractivity (Wildman–Crippen MR) is 109 cm³/mol. The molecule has 0 saturated carbocycles. The van der Waals surface area contributed by atoms with Crippen LogP contribution in [-0.2, 0) is 14.8 Å². The Labute approximate surface area is 171 Å². The number of aryl methyl sites for hydroxylation is 1. The lowest BCUT2D eigenvalue weighted by atomic mass is 9.98. The highest BCUT2D eigenvalue weighted by Crippen LogP contribution is 2.27. The lowest BCUT2D eigenvalue weighted by Crippen LogP contribution is -2.43. The van der Waals surface area contributed by atoms with E-state index in [-0.39, 0.29) is 17.3 Å². The average Bonchev–Trinajstić information content (AvgIpc) is 2.73. The summed E-state index contributed by atoms with van der Waals surface area (Å²) in [6, 6.07) is 13.4. The standard InChI is InChI=1S/C21H23N3O4S/c1-15-11-19(8-9-20(15)28-2)29(26,27)24-10-4-6-17(14-24)21(25)23-18-7-3-5-16(12-18)13-22/h3,5,7-9,11-12,17H,4,6,10,14H2,1-2H3,(H,23,25). The van der Waals surface area contributed by atoms with E-state index in [0.717, 1.165) is 5.56 Å². The van der Waals surface area contributed by atoms with E-state index in [4.69, 9.17) is 10.00 Å². The number of hydrogen-bond donors (Lipinski definition) is 1. The highest BCUT2D eigenvalue weighted by molar-refractivity contribution is 7.89. The fourth-order valence-corrected chi connectivity index (χ4v) is 5.06. The van der Waals surface area contributed by atoms with Gasteiger partial charge in [0.2, 0.25) is 15.9 Å². The summed E-state index contributed by atoms with van der Waals surface area (Å²) in [6.45, 7) is 2.29. The van der Waals surface area contributed by atoms with Crippen LogP contribution in [-0.4, -0.2) is 38.8 Å². The first kappa shape index (κ1) is 20.8. The first-order chi connectivity index (χ1) is 13.8. The normalized spacial score (nSPS) is 17.3. The van der Waals surface area contributed by atoms with Crippen LogP contribution in [0.5, 0.6) is 5.75 Å². The van der Waals surface area contributed by atoms with E-state index >= 15 is 0 Å². The molecule has 3 rings (SSSR count). The summed E-state index contributed by atoms with van der Waals surface area (Å²) >= 11 is 0. The van der Waals surface area contributed by atoms with E-state index < -0.39 is 15.9 Å². The van der Waals surface area contributed by atoms with Gasteiger partial charge in [0.1, 0.15) is 5.75 Å². The van der Waals surface area contributed by atoms with Crippen molar-refractivity contribution in [1.29, 1.82) is 5.26 Å². The third-order valence-corrected chi connectivity index (χ3v) is 6.88. The van der Waals surface area contributed by atoms with Crippen LogP contribution in [0.3, 0.4) is 0 Å². The van der Waals surface area contributed by atoms with Gasteiger partial charge < -0.3 is 10.1 Å². The van der Waals surface area contributed by atoms with Crippen molar-refractivity contribution >= 4 is 21.6 Å². The molecule has 0 spiro atoms. The number of sulfonamides is 1. The minimum atomic E-state index is -3.70. The van der Waals surface area contributed by atoms with E-state index in [1.165, 1.54) is 17.5 Å². The second-order valence-electron chi connectivity index (χ2n) is 7.02. The average molecular weight is 413 g/mol. The molecule has 1 heterocycles. The number of anilines is 1. The zero-order valence-corrected chi connectivity index (χ0v) is 17.2. The van der Waals surface area contributed by atoms with Crippen molar-refractivity contribution < 1.29 is 17.9 Å². The van der Waals surface area contributed by atoms with Gasteiger partial charge in [-0.25, -0.2) is 8.42 Å². The van der Waals surface area contributed by atoms with Crippen molar-refractivity contribution in [3.63, 3.8) is 0 Å². The van der Waals surface area contributed by atoms with Crippen LogP contribution < -0.4 is 10.1 Å². The minimum absolute atomic E-state index is 0.122. The maximum atomic E-state index is 13.1. The molecular formula is C21H23N3O4S. The van der Waals surface area contributed by atoms with Gasteiger partial charge in [-0.1, -0.05) is 6.07 Å². The Balaban J connectivity index is 1.74. The van der Waals surface area contributed by atoms with Gasteiger partial charge >= 0.3 is 0 Å². The molecule has 0 aliphatic carbocycles. The molecule has 1 atom stereocenters. The number of methoxy groups -OCH3 is 1. The van der Waals surface area contributed by atoms with E-state index in [1.807, 2.05) is 6.07 Å². The number of nitrogens with zero attached hydrogens (tertiary/aromatic N) is 2. The lowest BCUT2D eigenvalue weighted by Gasteiger charge is -2.31. The largest absolute Gasteiger partial charge is 0.496 e. The monoisotopic (exact) mass is 413 g/mol. The molecule has 1 amide bonds. The molecule has 1 saturated heterocycles. The zero-order valence-electron chi connectivity index (χ0n) is 16.4. The van der Waals surface area contributed by atoms with Gasteiger partial charge in [-0.15, -0.1) is 0 Å². The maximum absolute atomic E-state index is 13.1. The molecule has 1 unspecified atom stereocenters. The molecule has 8 heteroatoms. The lowest BCUT2D eigenvalue weighted by molar-refractivity contribution is -0.120. The van der Waals surface area contributed by atoms with Gasteiger partial charge in [0, 0.05) is 18.8 Å². The highest BCUT2D eigenvalue weighted by atomic mass is 32.2. The summed E-state index contributed by atoms with van der Waals surface area (Å²) in [7, 11) is -2.17. The first-order valence-electron chi connectivity index (χ1n) is 9.31. The fraction of sp³-hybridized carbons (Fsp3) is 0.333. The van der Waals surface area contributed by atoms with Crippen molar-refractivity contribution in [2.24, 2.45) is 5.92 Å². The Hall–Kier alpha value is -2.89. The van der Waals surface area contributed by atoms with Crippen LogP contribution in [0, 0.1) is 24.2 Å². The predicted octanol–water partition coefficient (Wildman–Crippen LogP) is 2.91. The number of amides is 1. The minimum Gasteiger partial charge on any atom is -0.496 e. The van der Waals surface area contributed by atoms with Crippen LogP contribution in [0.4, 0.5) is 5.69 Å². The SMILES string of the molecule is COc1ccc(S(=O)(=O)N2CCCC(C(=O)Nc3cccc(C#N)c3)C2)cc1C. The highest BCUT2D eigenvalue weighted by Gasteiger charge is 2.33. The van der Waals surface area contributed by atoms with E-state index in [0.29, 0.717) is 36.4 Å². The second kappa shape index (κ2) is 8.64. The number of nitrogens with one attached hydrogen (secondary N) is 1. The Morgan fingerprint density at radius 1 is 1.28 bits per heavy atom. The van der Waals surface area contributed by atoms with Crippen LogP contribution in [0.2, 0.25) is 0 Å². The molecule has 0 aromatic heterocycles. The second-order valence-corrected chi connectivity index (χ2v) is 8.95. The molecule has 152 valence electrons. The van der Waals surface area contributed by atoms with E-state index in [1.54, 1.807) is 43.3 Å². The van der Waals surface area contributed by atoms with Crippen LogP contribution in [0.25, 0.3) is 0 Å². The van der Waals surface area contributed by atoms with Gasteiger partial charge in [-0.3, -0.25) is 4.79 Å².